The molecular weight excluding hydrogens is 212 g/mol. The van der Waals surface area contributed by atoms with Crippen molar-refractivity contribution in [2.24, 2.45) is 5.92 Å². The van der Waals surface area contributed by atoms with Gasteiger partial charge in [0.2, 0.25) is 0 Å². The first-order valence-corrected chi connectivity index (χ1v) is 6.51. The molecule has 0 unspecified atom stereocenters. The van der Waals surface area contributed by atoms with E-state index in [0.717, 1.165) is 0 Å². The molecule has 1 aromatic carbocycles. The van der Waals surface area contributed by atoms with Crippen molar-refractivity contribution in [1.29, 1.82) is 0 Å². The minimum atomic E-state index is -0.0826. The monoisotopic (exact) mass is 232 g/mol. The van der Waals surface area contributed by atoms with E-state index in [1.165, 1.54) is 37.7 Å². The van der Waals surface area contributed by atoms with Crippen molar-refractivity contribution in [3.05, 3.63) is 29.8 Å². The smallest absolute Gasteiger partial charge is 0.311 e. The lowest BCUT2D eigenvalue weighted by molar-refractivity contribution is -0.135. The van der Waals surface area contributed by atoms with Gasteiger partial charge in [0, 0.05) is 6.42 Å². The van der Waals surface area contributed by atoms with E-state index >= 15 is 0 Å². The van der Waals surface area contributed by atoms with Gasteiger partial charge in [-0.2, -0.15) is 0 Å². The van der Waals surface area contributed by atoms with Crippen LogP contribution < -0.4 is 4.74 Å². The summed E-state index contributed by atoms with van der Waals surface area (Å²) in [6.07, 6.45) is 6.80. The molecule has 2 rings (SSSR count). The average Bonchev–Trinajstić information content (AvgIpc) is 2.33. The van der Waals surface area contributed by atoms with Gasteiger partial charge in [0.15, 0.2) is 0 Å². The average molecular weight is 232 g/mol. The van der Waals surface area contributed by atoms with Crippen LogP contribution in [0.1, 0.15) is 44.1 Å². The second kappa shape index (κ2) is 5.85. The fourth-order valence-corrected chi connectivity index (χ4v) is 2.41. The molecule has 2 nitrogen and oxygen atoms in total. The van der Waals surface area contributed by atoms with Crippen molar-refractivity contribution in [3.63, 3.8) is 0 Å². The highest BCUT2D eigenvalue weighted by Gasteiger charge is 2.18. The van der Waals surface area contributed by atoms with Gasteiger partial charge in [-0.3, -0.25) is 4.79 Å². The number of carbonyl (C=O) groups excluding carboxylic acids is 1. The molecule has 0 atom stereocenters. The largest absolute Gasteiger partial charge is 0.427 e. The Morgan fingerprint density at radius 3 is 2.47 bits per heavy atom. The summed E-state index contributed by atoms with van der Waals surface area (Å²) in [4.78, 5) is 11.7. The molecule has 0 aliphatic heterocycles. The molecule has 0 heterocycles. The number of esters is 1. The third-order valence-corrected chi connectivity index (χ3v) is 3.43. The van der Waals surface area contributed by atoms with E-state index in [0.29, 0.717) is 18.1 Å². The normalized spacial score (nSPS) is 16.8. The van der Waals surface area contributed by atoms with E-state index in [4.69, 9.17) is 4.74 Å². The Kier molecular flexibility index (Phi) is 4.18. The lowest BCUT2D eigenvalue weighted by Crippen LogP contribution is -2.16. The van der Waals surface area contributed by atoms with Gasteiger partial charge in [0.05, 0.1) is 0 Å². The molecule has 0 N–H and O–H groups in total. The third-order valence-electron chi connectivity index (χ3n) is 3.43. The van der Waals surface area contributed by atoms with Gasteiger partial charge in [-0.15, -0.1) is 0 Å². The van der Waals surface area contributed by atoms with E-state index in [-0.39, 0.29) is 5.97 Å². The van der Waals surface area contributed by atoms with Gasteiger partial charge < -0.3 is 4.74 Å². The minimum absolute atomic E-state index is 0.0826. The highest BCUT2D eigenvalue weighted by Crippen LogP contribution is 2.26. The zero-order valence-electron chi connectivity index (χ0n) is 10.4. The molecule has 1 aromatic rings. The number of ether oxygens (including phenoxy) is 1. The van der Waals surface area contributed by atoms with Crippen LogP contribution in [0.25, 0.3) is 0 Å². The quantitative estimate of drug-likeness (QED) is 0.584. The molecule has 2 heteroatoms. The molecule has 17 heavy (non-hydrogen) atoms. The zero-order valence-corrected chi connectivity index (χ0v) is 10.4. The standard InChI is InChI=1S/C15H20O2/c1-12-7-9-14(10-8-12)17-15(16)11-13-5-3-2-4-6-13/h7-10,13H,2-6,11H2,1H3. The molecule has 0 amide bonds. The van der Waals surface area contributed by atoms with Crippen molar-refractivity contribution in [2.45, 2.75) is 45.4 Å². The topological polar surface area (TPSA) is 26.3 Å². The predicted octanol–water partition coefficient (Wildman–Crippen LogP) is 3.87. The van der Waals surface area contributed by atoms with E-state index in [1.807, 2.05) is 31.2 Å². The number of carbonyl (C=O) groups is 1. The van der Waals surface area contributed by atoms with Crippen LogP contribution in [0.15, 0.2) is 24.3 Å². The van der Waals surface area contributed by atoms with E-state index in [2.05, 4.69) is 0 Å². The predicted molar refractivity (Wildman–Crippen MR) is 68.0 cm³/mol. The maximum Gasteiger partial charge on any atom is 0.311 e. The first-order valence-electron chi connectivity index (χ1n) is 6.51. The van der Waals surface area contributed by atoms with Crippen LogP contribution in [0.3, 0.4) is 0 Å². The summed E-state index contributed by atoms with van der Waals surface area (Å²) in [6.45, 7) is 2.02. The van der Waals surface area contributed by atoms with Crippen LogP contribution in [-0.4, -0.2) is 5.97 Å². The van der Waals surface area contributed by atoms with Crippen LogP contribution >= 0.6 is 0 Å². The molecule has 1 aliphatic rings. The van der Waals surface area contributed by atoms with E-state index < -0.39 is 0 Å². The second-order valence-corrected chi connectivity index (χ2v) is 5.00. The number of benzene rings is 1. The lowest BCUT2D eigenvalue weighted by Gasteiger charge is -2.20. The summed E-state index contributed by atoms with van der Waals surface area (Å²) in [7, 11) is 0. The first-order chi connectivity index (χ1) is 8.24. The Balaban J connectivity index is 1.82. The Hall–Kier alpha value is -1.31. The van der Waals surface area contributed by atoms with Crippen molar-refractivity contribution in [2.75, 3.05) is 0 Å². The van der Waals surface area contributed by atoms with Gasteiger partial charge in [-0.05, 0) is 37.8 Å². The van der Waals surface area contributed by atoms with Gasteiger partial charge in [0.25, 0.3) is 0 Å². The first kappa shape index (κ1) is 12.2. The fourth-order valence-electron chi connectivity index (χ4n) is 2.41. The van der Waals surface area contributed by atoms with Crippen molar-refractivity contribution in [1.82, 2.24) is 0 Å². The van der Waals surface area contributed by atoms with Gasteiger partial charge in [-0.1, -0.05) is 37.0 Å². The van der Waals surface area contributed by atoms with E-state index in [9.17, 15) is 4.79 Å². The van der Waals surface area contributed by atoms with Gasteiger partial charge >= 0.3 is 5.97 Å². The van der Waals surface area contributed by atoms with Crippen molar-refractivity contribution >= 4 is 5.97 Å². The van der Waals surface area contributed by atoms with Gasteiger partial charge in [0.1, 0.15) is 5.75 Å². The van der Waals surface area contributed by atoms with Crippen LogP contribution in [0, 0.1) is 12.8 Å². The molecule has 1 saturated carbocycles. The van der Waals surface area contributed by atoms with Gasteiger partial charge in [-0.25, -0.2) is 0 Å². The summed E-state index contributed by atoms with van der Waals surface area (Å²) < 4.78 is 5.33. The molecule has 0 aromatic heterocycles. The molecule has 1 fully saturated rings. The molecule has 0 radical (unpaired) electrons. The highest BCUT2D eigenvalue weighted by atomic mass is 16.5. The van der Waals surface area contributed by atoms with Crippen LogP contribution in [0.4, 0.5) is 0 Å². The number of aryl methyl sites for hydroxylation is 1. The third kappa shape index (κ3) is 3.88. The maximum absolute atomic E-state index is 11.7. The maximum atomic E-state index is 11.7. The summed E-state index contributed by atoms with van der Waals surface area (Å²) in [6, 6.07) is 7.63. The Morgan fingerprint density at radius 1 is 1.18 bits per heavy atom. The molecule has 1 aliphatic carbocycles. The van der Waals surface area contributed by atoms with Crippen LogP contribution in [0.2, 0.25) is 0 Å². The van der Waals surface area contributed by atoms with Crippen LogP contribution in [0.5, 0.6) is 5.75 Å². The van der Waals surface area contributed by atoms with Crippen molar-refractivity contribution < 1.29 is 9.53 Å². The van der Waals surface area contributed by atoms with Crippen molar-refractivity contribution in [3.8, 4) is 5.75 Å². The zero-order chi connectivity index (χ0) is 12.1. The lowest BCUT2D eigenvalue weighted by atomic mass is 9.87. The van der Waals surface area contributed by atoms with Crippen LogP contribution in [-0.2, 0) is 4.79 Å². The fraction of sp³-hybridized carbons (Fsp3) is 0.533. The summed E-state index contributed by atoms with van der Waals surface area (Å²) in [5.41, 5.74) is 1.18. The second-order valence-electron chi connectivity index (χ2n) is 5.00. The Bertz CT molecular complexity index is 361. The molecular formula is C15H20O2. The highest BCUT2D eigenvalue weighted by molar-refractivity contribution is 5.72. The number of rotatable bonds is 3. The minimum Gasteiger partial charge on any atom is -0.427 e. The SMILES string of the molecule is Cc1ccc(OC(=O)CC2CCCCC2)cc1. The summed E-state index contributed by atoms with van der Waals surface area (Å²) in [5.74, 6) is 1.12. The number of hydrogen-bond donors (Lipinski definition) is 0. The summed E-state index contributed by atoms with van der Waals surface area (Å²) >= 11 is 0. The molecule has 92 valence electrons. The molecule has 0 spiro atoms. The Labute approximate surface area is 103 Å². The van der Waals surface area contributed by atoms with E-state index in [1.54, 1.807) is 0 Å². The number of hydrogen-bond acceptors (Lipinski definition) is 2. The summed E-state index contributed by atoms with van der Waals surface area (Å²) in [5, 5.41) is 0. The Morgan fingerprint density at radius 2 is 1.82 bits per heavy atom. The molecule has 0 bridgehead atoms. The molecule has 0 saturated heterocycles.